The number of thioether (sulfide) groups is 1. The minimum atomic E-state index is -0.246. The van der Waals surface area contributed by atoms with Gasteiger partial charge in [0.2, 0.25) is 5.16 Å². The second kappa shape index (κ2) is 7.56. The number of fused-ring (bicyclic) bond motifs is 1. The number of methoxy groups -OCH3 is 1. The maximum atomic E-state index is 12.8. The molecule has 0 spiro atoms. The summed E-state index contributed by atoms with van der Waals surface area (Å²) in [6, 6.07) is 13.7. The van der Waals surface area contributed by atoms with Crippen molar-refractivity contribution in [1.29, 1.82) is 0 Å². The Morgan fingerprint density at radius 1 is 1.15 bits per heavy atom. The van der Waals surface area contributed by atoms with Crippen molar-refractivity contribution in [3.05, 3.63) is 59.2 Å². The molecule has 0 amide bonds. The Bertz CT molecular complexity index is 966. The van der Waals surface area contributed by atoms with Crippen molar-refractivity contribution >= 4 is 17.5 Å². The average Bonchev–Trinajstić information content (AvgIpc) is 3.36. The fraction of sp³-hybridized carbons (Fsp3) is 0.286. The van der Waals surface area contributed by atoms with E-state index in [4.69, 9.17) is 4.74 Å². The van der Waals surface area contributed by atoms with Crippen molar-refractivity contribution in [1.82, 2.24) is 15.2 Å². The third-order valence-corrected chi connectivity index (χ3v) is 5.82. The smallest absolute Gasteiger partial charge is 0.209 e. The Balaban J connectivity index is 1.45. The number of hydrogen-bond donors (Lipinski definition) is 1. The van der Waals surface area contributed by atoms with E-state index in [1.807, 2.05) is 37.3 Å². The van der Waals surface area contributed by atoms with Gasteiger partial charge in [-0.15, -0.1) is 5.10 Å². The number of Topliss-reactive ketones (excluding diaryl/α,β-unsaturated/α-hetero) is 1. The zero-order valence-electron chi connectivity index (χ0n) is 15.4. The molecule has 0 radical (unpaired) electrons. The van der Waals surface area contributed by atoms with Gasteiger partial charge < -0.3 is 4.74 Å². The number of rotatable bonds is 6. The van der Waals surface area contributed by atoms with Gasteiger partial charge in [0.15, 0.2) is 11.6 Å². The van der Waals surface area contributed by atoms with Crippen LogP contribution in [0.15, 0.2) is 47.6 Å². The molecule has 4 rings (SSSR count). The van der Waals surface area contributed by atoms with E-state index < -0.39 is 0 Å². The highest BCUT2D eigenvalue weighted by Crippen LogP contribution is 2.28. The molecule has 1 N–H and O–H groups in total. The van der Waals surface area contributed by atoms with Gasteiger partial charge in [0.1, 0.15) is 5.75 Å². The third kappa shape index (κ3) is 3.76. The van der Waals surface area contributed by atoms with Crippen molar-refractivity contribution in [3.8, 4) is 17.1 Å². The van der Waals surface area contributed by atoms with E-state index in [-0.39, 0.29) is 11.0 Å². The molecule has 1 aliphatic rings. The third-order valence-electron chi connectivity index (χ3n) is 4.86. The molecular weight excluding hydrogens is 358 g/mol. The van der Waals surface area contributed by atoms with Crippen LogP contribution < -0.4 is 4.74 Å². The van der Waals surface area contributed by atoms with Gasteiger partial charge in [-0.25, -0.2) is 4.98 Å². The maximum Gasteiger partial charge on any atom is 0.209 e. The highest BCUT2D eigenvalue weighted by molar-refractivity contribution is 8.00. The van der Waals surface area contributed by atoms with Gasteiger partial charge in [0, 0.05) is 11.1 Å². The van der Waals surface area contributed by atoms with E-state index in [1.165, 1.54) is 29.3 Å². The number of ketones is 1. The van der Waals surface area contributed by atoms with Crippen LogP contribution >= 0.6 is 11.8 Å². The number of nitrogens with zero attached hydrogens (tertiary/aromatic N) is 2. The first kappa shape index (κ1) is 17.8. The molecule has 1 aromatic heterocycles. The van der Waals surface area contributed by atoms with Crippen LogP contribution in [0.25, 0.3) is 11.4 Å². The summed E-state index contributed by atoms with van der Waals surface area (Å²) in [4.78, 5) is 17.3. The molecule has 1 aliphatic carbocycles. The van der Waals surface area contributed by atoms with Gasteiger partial charge in [0.25, 0.3) is 0 Å². The molecule has 6 heteroatoms. The summed E-state index contributed by atoms with van der Waals surface area (Å²) in [6.07, 6.45) is 3.38. The molecule has 0 fully saturated rings. The lowest BCUT2D eigenvalue weighted by Crippen LogP contribution is -2.14. The number of aromatic nitrogens is 3. The molecule has 0 bridgehead atoms. The second-order valence-corrected chi connectivity index (χ2v) is 7.96. The SMILES string of the molecule is COc1ccc(-c2nc(SC(C)C(=O)c3ccc4c(c3)CCC4)n[nH]2)cc1. The van der Waals surface area contributed by atoms with E-state index in [0.29, 0.717) is 11.0 Å². The Kier molecular flexibility index (Phi) is 4.99. The monoisotopic (exact) mass is 379 g/mol. The van der Waals surface area contributed by atoms with Gasteiger partial charge in [-0.2, -0.15) is 0 Å². The van der Waals surface area contributed by atoms with Crippen LogP contribution in [-0.2, 0) is 12.8 Å². The molecule has 1 unspecified atom stereocenters. The molecule has 27 heavy (non-hydrogen) atoms. The van der Waals surface area contributed by atoms with Crippen molar-refractivity contribution in [2.75, 3.05) is 7.11 Å². The first-order valence-corrected chi connectivity index (χ1v) is 9.91. The minimum absolute atomic E-state index is 0.116. The van der Waals surface area contributed by atoms with Gasteiger partial charge in [0.05, 0.1) is 12.4 Å². The second-order valence-electron chi connectivity index (χ2n) is 6.66. The number of hydrogen-bond acceptors (Lipinski definition) is 5. The fourth-order valence-electron chi connectivity index (χ4n) is 3.35. The molecule has 0 saturated heterocycles. The molecule has 5 nitrogen and oxygen atoms in total. The summed E-state index contributed by atoms with van der Waals surface area (Å²) in [6.45, 7) is 1.91. The quantitative estimate of drug-likeness (QED) is 0.510. The van der Waals surface area contributed by atoms with Crippen LogP contribution in [0.3, 0.4) is 0 Å². The Labute approximate surface area is 162 Å². The zero-order valence-corrected chi connectivity index (χ0v) is 16.2. The van der Waals surface area contributed by atoms with E-state index in [1.54, 1.807) is 7.11 Å². The molecule has 2 aromatic carbocycles. The van der Waals surface area contributed by atoms with E-state index in [2.05, 4.69) is 27.3 Å². The molecular formula is C21H21N3O2S. The van der Waals surface area contributed by atoms with E-state index >= 15 is 0 Å². The zero-order chi connectivity index (χ0) is 18.8. The Hall–Kier alpha value is -2.60. The van der Waals surface area contributed by atoms with Crippen molar-refractivity contribution in [2.24, 2.45) is 0 Å². The predicted molar refractivity (Wildman–Crippen MR) is 106 cm³/mol. The van der Waals surface area contributed by atoms with Crippen LogP contribution in [0.4, 0.5) is 0 Å². The molecule has 3 aromatic rings. The number of H-pyrrole nitrogens is 1. The molecule has 0 aliphatic heterocycles. The van der Waals surface area contributed by atoms with Crippen molar-refractivity contribution in [3.63, 3.8) is 0 Å². The number of carbonyl (C=O) groups is 1. The lowest BCUT2D eigenvalue weighted by molar-refractivity contribution is 0.0994. The molecule has 1 atom stereocenters. The highest BCUT2D eigenvalue weighted by atomic mass is 32.2. The summed E-state index contributed by atoms with van der Waals surface area (Å²) < 4.78 is 5.17. The maximum absolute atomic E-state index is 12.8. The fourth-order valence-corrected chi connectivity index (χ4v) is 4.15. The largest absolute Gasteiger partial charge is 0.497 e. The number of nitrogens with one attached hydrogen (secondary N) is 1. The lowest BCUT2D eigenvalue weighted by atomic mass is 10.0. The summed E-state index contributed by atoms with van der Waals surface area (Å²) in [5, 5.41) is 7.52. The first-order valence-electron chi connectivity index (χ1n) is 9.03. The summed E-state index contributed by atoms with van der Waals surface area (Å²) in [5.74, 6) is 1.59. The van der Waals surface area contributed by atoms with E-state index in [9.17, 15) is 4.79 Å². The number of benzene rings is 2. The van der Waals surface area contributed by atoms with Gasteiger partial charge in [-0.05, 0) is 67.6 Å². The predicted octanol–water partition coefficient (Wildman–Crippen LogP) is 4.33. The van der Waals surface area contributed by atoms with Gasteiger partial charge >= 0.3 is 0 Å². The van der Waals surface area contributed by atoms with Crippen LogP contribution in [0.1, 0.15) is 34.8 Å². The van der Waals surface area contributed by atoms with Gasteiger partial charge in [-0.3, -0.25) is 9.89 Å². The summed E-state index contributed by atoms with van der Waals surface area (Å²) in [5.41, 5.74) is 4.40. The summed E-state index contributed by atoms with van der Waals surface area (Å²) >= 11 is 1.38. The van der Waals surface area contributed by atoms with Gasteiger partial charge in [-0.1, -0.05) is 23.9 Å². The number of aryl methyl sites for hydroxylation is 2. The Morgan fingerprint density at radius 3 is 2.70 bits per heavy atom. The van der Waals surface area contributed by atoms with Crippen LogP contribution in [0, 0.1) is 0 Å². The van der Waals surface area contributed by atoms with Crippen molar-refractivity contribution in [2.45, 2.75) is 36.6 Å². The standard InChI is InChI=1S/C21H21N3O2S/c1-13(19(25)17-7-6-14-4-3-5-16(14)12-17)27-21-22-20(23-24-21)15-8-10-18(26-2)11-9-15/h6-13H,3-5H2,1-2H3,(H,22,23,24). The van der Waals surface area contributed by atoms with Crippen molar-refractivity contribution < 1.29 is 9.53 Å². The molecule has 1 heterocycles. The number of carbonyl (C=O) groups excluding carboxylic acids is 1. The highest BCUT2D eigenvalue weighted by Gasteiger charge is 2.21. The number of ether oxygens (including phenoxy) is 1. The minimum Gasteiger partial charge on any atom is -0.497 e. The first-order chi connectivity index (χ1) is 13.1. The normalized spacial score (nSPS) is 14.0. The Morgan fingerprint density at radius 2 is 1.93 bits per heavy atom. The molecule has 138 valence electrons. The van der Waals surface area contributed by atoms with Crippen LogP contribution in [0.2, 0.25) is 0 Å². The number of aromatic amines is 1. The van der Waals surface area contributed by atoms with Crippen LogP contribution in [0.5, 0.6) is 5.75 Å². The average molecular weight is 379 g/mol. The summed E-state index contributed by atoms with van der Waals surface area (Å²) in [7, 11) is 1.64. The van der Waals surface area contributed by atoms with Crippen LogP contribution in [-0.4, -0.2) is 33.3 Å². The molecule has 0 saturated carbocycles. The topological polar surface area (TPSA) is 67.9 Å². The van der Waals surface area contributed by atoms with E-state index in [0.717, 1.165) is 29.7 Å². The lowest BCUT2D eigenvalue weighted by Gasteiger charge is -2.09.